The molecule has 0 bridgehead atoms. The Balaban J connectivity index is 2.36. The molecule has 108 valence electrons. The molecule has 1 aliphatic rings. The molecule has 0 aliphatic carbocycles. The summed E-state index contributed by atoms with van der Waals surface area (Å²) in [5, 5.41) is 14.1. The Morgan fingerprint density at radius 2 is 2.30 bits per heavy atom. The van der Waals surface area contributed by atoms with Gasteiger partial charge >= 0.3 is 0 Å². The molecular formula is C12H13BrClN3O3. The van der Waals surface area contributed by atoms with Gasteiger partial charge in [-0.15, -0.1) is 0 Å². The van der Waals surface area contributed by atoms with Crippen LogP contribution in [0.5, 0.6) is 0 Å². The average molecular weight is 363 g/mol. The summed E-state index contributed by atoms with van der Waals surface area (Å²) in [5.41, 5.74) is -0.116. The number of carbonyl (C=O) groups excluding carboxylic acids is 1. The van der Waals surface area contributed by atoms with Crippen LogP contribution < -0.4 is 5.32 Å². The van der Waals surface area contributed by atoms with Gasteiger partial charge in [-0.1, -0.05) is 27.5 Å². The van der Waals surface area contributed by atoms with Crippen molar-refractivity contribution in [1.82, 2.24) is 10.2 Å². The normalized spacial score (nSPS) is 18.9. The van der Waals surface area contributed by atoms with Crippen LogP contribution in [0.2, 0.25) is 5.02 Å². The number of rotatable bonds is 2. The van der Waals surface area contributed by atoms with Crippen LogP contribution in [-0.4, -0.2) is 41.4 Å². The summed E-state index contributed by atoms with van der Waals surface area (Å²) in [4.78, 5) is 24.5. The summed E-state index contributed by atoms with van der Waals surface area (Å²) < 4.78 is 0.458. The predicted octanol–water partition coefficient (Wildman–Crippen LogP) is 2.44. The Bertz CT molecular complexity index is 567. The monoisotopic (exact) mass is 361 g/mol. The van der Waals surface area contributed by atoms with Gasteiger partial charge in [-0.2, -0.15) is 0 Å². The van der Waals surface area contributed by atoms with Crippen LogP contribution in [0.15, 0.2) is 16.6 Å². The minimum absolute atomic E-state index is 0.116. The zero-order valence-electron chi connectivity index (χ0n) is 10.7. The van der Waals surface area contributed by atoms with Crippen molar-refractivity contribution in [2.75, 3.05) is 19.6 Å². The van der Waals surface area contributed by atoms with Crippen LogP contribution in [0.25, 0.3) is 0 Å². The third-order valence-electron chi connectivity index (χ3n) is 3.10. The number of hydrogen-bond acceptors (Lipinski definition) is 4. The molecule has 0 unspecified atom stereocenters. The molecule has 1 aliphatic heterocycles. The first kappa shape index (κ1) is 15.2. The number of nitro benzene ring substituents is 1. The van der Waals surface area contributed by atoms with Crippen LogP contribution in [0, 0.1) is 10.1 Å². The van der Waals surface area contributed by atoms with E-state index >= 15 is 0 Å². The van der Waals surface area contributed by atoms with Crippen molar-refractivity contribution in [2.24, 2.45) is 0 Å². The van der Waals surface area contributed by atoms with Gasteiger partial charge in [0, 0.05) is 36.2 Å². The fourth-order valence-electron chi connectivity index (χ4n) is 2.15. The Morgan fingerprint density at radius 1 is 1.60 bits per heavy atom. The largest absolute Gasteiger partial charge is 0.336 e. The highest BCUT2D eigenvalue weighted by Gasteiger charge is 2.27. The Labute approximate surface area is 129 Å². The first-order valence-corrected chi connectivity index (χ1v) is 7.23. The van der Waals surface area contributed by atoms with E-state index in [0.717, 1.165) is 0 Å². The molecule has 1 aromatic carbocycles. The quantitative estimate of drug-likeness (QED) is 0.648. The number of halogens is 2. The minimum atomic E-state index is -0.593. The first-order valence-electron chi connectivity index (χ1n) is 6.06. The number of amides is 1. The molecule has 0 saturated carbocycles. The number of carbonyl (C=O) groups is 1. The molecule has 1 fully saturated rings. The highest BCUT2D eigenvalue weighted by Crippen LogP contribution is 2.32. The van der Waals surface area contributed by atoms with Gasteiger partial charge < -0.3 is 10.2 Å². The Morgan fingerprint density at radius 3 is 2.90 bits per heavy atom. The number of hydrogen-bond donors (Lipinski definition) is 1. The van der Waals surface area contributed by atoms with Crippen molar-refractivity contribution < 1.29 is 9.72 Å². The molecule has 0 radical (unpaired) electrons. The van der Waals surface area contributed by atoms with Crippen molar-refractivity contribution in [2.45, 2.75) is 13.0 Å². The van der Waals surface area contributed by atoms with Crippen molar-refractivity contribution >= 4 is 39.1 Å². The SMILES string of the molecule is C[C@@H]1CN(C(=O)c2cc(Br)cc([N+](=O)[O-])c2Cl)CCN1. The van der Waals surface area contributed by atoms with Gasteiger partial charge in [0.15, 0.2) is 0 Å². The van der Waals surface area contributed by atoms with Gasteiger partial charge in [0.2, 0.25) is 0 Å². The highest BCUT2D eigenvalue weighted by molar-refractivity contribution is 9.10. The lowest BCUT2D eigenvalue weighted by Crippen LogP contribution is -2.51. The van der Waals surface area contributed by atoms with E-state index in [-0.39, 0.29) is 28.2 Å². The summed E-state index contributed by atoms with van der Waals surface area (Å²) in [6.45, 7) is 3.78. The fraction of sp³-hybridized carbons (Fsp3) is 0.417. The molecule has 20 heavy (non-hydrogen) atoms. The smallest absolute Gasteiger partial charge is 0.289 e. The van der Waals surface area contributed by atoms with Crippen LogP contribution in [0.4, 0.5) is 5.69 Å². The second-order valence-corrected chi connectivity index (χ2v) is 5.94. The number of benzene rings is 1. The molecule has 2 rings (SSSR count). The van der Waals surface area contributed by atoms with E-state index in [1.54, 1.807) is 4.90 Å². The maximum Gasteiger partial charge on any atom is 0.289 e. The van der Waals surface area contributed by atoms with Crippen molar-refractivity contribution in [3.8, 4) is 0 Å². The molecule has 1 amide bonds. The van der Waals surface area contributed by atoms with Gasteiger partial charge in [-0.3, -0.25) is 14.9 Å². The second kappa shape index (κ2) is 6.07. The van der Waals surface area contributed by atoms with Crippen molar-refractivity contribution in [3.63, 3.8) is 0 Å². The molecular weight excluding hydrogens is 350 g/mol. The summed E-state index contributed by atoms with van der Waals surface area (Å²) >= 11 is 9.17. The third kappa shape index (κ3) is 3.11. The molecule has 1 heterocycles. The van der Waals surface area contributed by atoms with E-state index in [0.29, 0.717) is 24.1 Å². The van der Waals surface area contributed by atoms with E-state index in [2.05, 4.69) is 21.2 Å². The highest BCUT2D eigenvalue weighted by atomic mass is 79.9. The molecule has 0 aromatic heterocycles. The van der Waals surface area contributed by atoms with E-state index in [1.165, 1.54) is 12.1 Å². The van der Waals surface area contributed by atoms with Gasteiger partial charge in [-0.05, 0) is 13.0 Å². The lowest BCUT2D eigenvalue weighted by Gasteiger charge is -2.32. The average Bonchev–Trinajstić information content (AvgIpc) is 2.40. The number of piperazine rings is 1. The van der Waals surface area contributed by atoms with Crippen LogP contribution in [0.1, 0.15) is 17.3 Å². The minimum Gasteiger partial charge on any atom is -0.336 e. The number of nitro groups is 1. The molecule has 1 N–H and O–H groups in total. The summed E-state index contributed by atoms with van der Waals surface area (Å²) in [7, 11) is 0. The molecule has 1 atom stereocenters. The van der Waals surface area contributed by atoms with Crippen LogP contribution >= 0.6 is 27.5 Å². The summed E-state index contributed by atoms with van der Waals surface area (Å²) in [6, 6.07) is 3.00. The molecule has 0 spiro atoms. The topological polar surface area (TPSA) is 75.5 Å². The van der Waals surface area contributed by atoms with Crippen molar-refractivity contribution in [3.05, 3.63) is 37.3 Å². The van der Waals surface area contributed by atoms with E-state index in [1.807, 2.05) is 6.92 Å². The maximum absolute atomic E-state index is 12.5. The van der Waals surface area contributed by atoms with E-state index in [9.17, 15) is 14.9 Å². The maximum atomic E-state index is 12.5. The van der Waals surface area contributed by atoms with Gasteiger partial charge in [0.05, 0.1) is 10.5 Å². The fourth-order valence-corrected chi connectivity index (χ4v) is 2.86. The van der Waals surface area contributed by atoms with Crippen LogP contribution in [0.3, 0.4) is 0 Å². The van der Waals surface area contributed by atoms with Crippen LogP contribution in [-0.2, 0) is 0 Å². The van der Waals surface area contributed by atoms with Gasteiger partial charge in [0.1, 0.15) is 5.02 Å². The summed E-state index contributed by atoms with van der Waals surface area (Å²) in [6.07, 6.45) is 0. The zero-order chi connectivity index (χ0) is 14.9. The zero-order valence-corrected chi connectivity index (χ0v) is 13.1. The lowest BCUT2D eigenvalue weighted by atomic mass is 10.1. The number of nitrogens with one attached hydrogen (secondary N) is 1. The standard InChI is InChI=1S/C12H13BrClN3O3/c1-7-6-16(3-2-15-7)12(18)9-4-8(13)5-10(11(9)14)17(19)20/h4-5,7,15H,2-3,6H2,1H3/t7-/m1/s1. The van der Waals surface area contributed by atoms with Gasteiger partial charge in [-0.25, -0.2) is 0 Å². The molecule has 1 aromatic rings. The number of nitrogens with zero attached hydrogens (tertiary/aromatic N) is 2. The van der Waals surface area contributed by atoms with E-state index < -0.39 is 4.92 Å². The molecule has 1 saturated heterocycles. The first-order chi connectivity index (χ1) is 9.40. The third-order valence-corrected chi connectivity index (χ3v) is 3.96. The predicted molar refractivity (Wildman–Crippen MR) is 79.2 cm³/mol. The summed E-state index contributed by atoms with van der Waals surface area (Å²) in [5.74, 6) is -0.284. The Kier molecular flexibility index (Phi) is 4.62. The lowest BCUT2D eigenvalue weighted by molar-refractivity contribution is -0.384. The van der Waals surface area contributed by atoms with Gasteiger partial charge in [0.25, 0.3) is 11.6 Å². The Hall–Kier alpha value is -1.18. The van der Waals surface area contributed by atoms with Crippen molar-refractivity contribution in [1.29, 1.82) is 0 Å². The molecule has 6 nitrogen and oxygen atoms in total. The second-order valence-electron chi connectivity index (χ2n) is 4.65. The van der Waals surface area contributed by atoms with E-state index in [4.69, 9.17) is 11.6 Å². The molecule has 8 heteroatoms.